The number of carbonyl (C=O) groups excluding carboxylic acids is 1. The van der Waals surface area contributed by atoms with Crippen LogP contribution in [0.1, 0.15) is 11.4 Å². The number of benzene rings is 1. The lowest BCUT2D eigenvalue weighted by Gasteiger charge is -2.35. The minimum atomic E-state index is -0.257. The van der Waals surface area contributed by atoms with Gasteiger partial charge >= 0.3 is 0 Å². The summed E-state index contributed by atoms with van der Waals surface area (Å²) in [6.45, 7) is 3.03. The first-order chi connectivity index (χ1) is 13.7. The fourth-order valence-corrected chi connectivity index (χ4v) is 4.08. The third-order valence-corrected chi connectivity index (χ3v) is 5.76. The zero-order valence-electron chi connectivity index (χ0n) is 15.4. The van der Waals surface area contributed by atoms with E-state index in [1.165, 1.54) is 12.1 Å². The molecule has 1 amide bonds. The van der Waals surface area contributed by atoms with E-state index in [2.05, 4.69) is 14.9 Å². The van der Waals surface area contributed by atoms with Crippen LogP contribution in [0.15, 0.2) is 54.0 Å². The van der Waals surface area contributed by atoms with Crippen LogP contribution in [-0.4, -0.2) is 47.0 Å². The van der Waals surface area contributed by atoms with E-state index in [4.69, 9.17) is 0 Å². The number of hydrogen-bond donors (Lipinski definition) is 0. The van der Waals surface area contributed by atoms with E-state index in [0.29, 0.717) is 25.9 Å². The van der Waals surface area contributed by atoms with E-state index in [9.17, 15) is 9.18 Å². The van der Waals surface area contributed by atoms with Crippen LogP contribution in [0.3, 0.4) is 0 Å². The van der Waals surface area contributed by atoms with Crippen molar-refractivity contribution in [3.05, 3.63) is 64.9 Å². The van der Waals surface area contributed by atoms with Gasteiger partial charge in [-0.2, -0.15) is 0 Å². The molecule has 0 bridgehead atoms. The zero-order valence-corrected chi connectivity index (χ0v) is 16.2. The molecule has 3 heterocycles. The Morgan fingerprint density at radius 3 is 2.57 bits per heavy atom. The van der Waals surface area contributed by atoms with Crippen molar-refractivity contribution in [2.24, 2.45) is 0 Å². The molecule has 144 valence electrons. The Kier molecular flexibility index (Phi) is 5.62. The van der Waals surface area contributed by atoms with Gasteiger partial charge in [0, 0.05) is 56.2 Å². The lowest BCUT2D eigenvalue weighted by atomic mass is 10.2. The molecule has 28 heavy (non-hydrogen) atoms. The summed E-state index contributed by atoms with van der Waals surface area (Å²) in [5.74, 6) is 0.873. The lowest BCUT2D eigenvalue weighted by molar-refractivity contribution is -0.131. The second-order valence-corrected chi connectivity index (χ2v) is 7.63. The first-order valence-corrected chi connectivity index (χ1v) is 10.2. The number of pyridine rings is 1. The minimum Gasteiger partial charge on any atom is -0.353 e. The third kappa shape index (κ3) is 4.36. The number of thiazole rings is 1. The highest BCUT2D eigenvalue weighted by molar-refractivity contribution is 7.09. The average molecular weight is 396 g/mol. The van der Waals surface area contributed by atoms with Crippen LogP contribution in [0.25, 0.3) is 11.3 Å². The molecular formula is C21H21FN4OS. The number of anilines is 1. The molecular weight excluding hydrogens is 375 g/mol. The van der Waals surface area contributed by atoms with Crippen molar-refractivity contribution in [1.29, 1.82) is 0 Å². The number of aromatic nitrogens is 2. The fraction of sp³-hybridized carbons (Fsp3) is 0.286. The van der Waals surface area contributed by atoms with Crippen molar-refractivity contribution in [2.45, 2.75) is 12.8 Å². The van der Waals surface area contributed by atoms with Crippen LogP contribution >= 0.6 is 11.3 Å². The minimum absolute atomic E-state index is 0.166. The maximum atomic E-state index is 13.0. The molecule has 1 saturated heterocycles. The lowest BCUT2D eigenvalue weighted by Crippen LogP contribution is -2.49. The van der Waals surface area contributed by atoms with Gasteiger partial charge in [-0.15, -0.1) is 11.3 Å². The molecule has 0 spiro atoms. The number of rotatable bonds is 5. The zero-order chi connectivity index (χ0) is 19.3. The van der Waals surface area contributed by atoms with Gasteiger partial charge in [0.05, 0.1) is 10.7 Å². The summed E-state index contributed by atoms with van der Waals surface area (Å²) in [5.41, 5.74) is 1.72. The summed E-state index contributed by atoms with van der Waals surface area (Å²) in [6, 6.07) is 12.2. The number of carbonyl (C=O) groups is 1. The molecule has 0 atom stereocenters. The van der Waals surface area contributed by atoms with E-state index in [1.807, 2.05) is 28.5 Å². The Morgan fingerprint density at radius 2 is 1.86 bits per heavy atom. The quantitative estimate of drug-likeness (QED) is 0.661. The summed E-state index contributed by atoms with van der Waals surface area (Å²) in [6.07, 6.45) is 2.88. The van der Waals surface area contributed by atoms with E-state index in [-0.39, 0.29) is 11.7 Å². The molecule has 1 fully saturated rings. The third-order valence-electron chi connectivity index (χ3n) is 4.85. The Balaban J connectivity index is 1.28. The van der Waals surface area contributed by atoms with Gasteiger partial charge in [-0.3, -0.25) is 4.79 Å². The van der Waals surface area contributed by atoms with Crippen LogP contribution in [0, 0.1) is 5.82 Å². The maximum Gasteiger partial charge on any atom is 0.223 e. The first kappa shape index (κ1) is 18.6. The Bertz CT molecular complexity index is 921. The van der Waals surface area contributed by atoms with Gasteiger partial charge in [0.2, 0.25) is 5.91 Å². The molecule has 0 radical (unpaired) electrons. The number of amides is 1. The monoisotopic (exact) mass is 396 g/mol. The average Bonchev–Trinajstić information content (AvgIpc) is 3.22. The largest absolute Gasteiger partial charge is 0.353 e. The molecule has 3 aromatic rings. The second kappa shape index (κ2) is 8.48. The molecule has 1 aliphatic heterocycles. The first-order valence-electron chi connectivity index (χ1n) is 9.33. The Labute approximate surface area is 167 Å². The topological polar surface area (TPSA) is 49.3 Å². The Hall–Kier alpha value is -2.80. The smallest absolute Gasteiger partial charge is 0.223 e. The normalized spacial score (nSPS) is 14.3. The van der Waals surface area contributed by atoms with Crippen molar-refractivity contribution in [3.8, 4) is 11.3 Å². The standard InChI is InChI=1S/C21H21FN4OS/c22-17-6-4-16(5-7-17)18-15-28-20(24-18)8-9-21(27)26-13-11-25(12-14-26)19-3-1-2-10-23-19/h1-7,10,15H,8-9,11-14H2. The van der Waals surface area contributed by atoms with E-state index >= 15 is 0 Å². The molecule has 4 rings (SSSR count). The molecule has 0 aliphatic carbocycles. The van der Waals surface area contributed by atoms with Crippen molar-refractivity contribution in [1.82, 2.24) is 14.9 Å². The highest BCUT2D eigenvalue weighted by Gasteiger charge is 2.21. The number of hydrogen-bond acceptors (Lipinski definition) is 5. The molecule has 2 aromatic heterocycles. The van der Waals surface area contributed by atoms with Gasteiger partial charge in [-0.1, -0.05) is 6.07 Å². The highest BCUT2D eigenvalue weighted by Crippen LogP contribution is 2.23. The second-order valence-electron chi connectivity index (χ2n) is 6.69. The van der Waals surface area contributed by atoms with Gasteiger partial charge in [0.25, 0.3) is 0 Å². The van der Waals surface area contributed by atoms with Gasteiger partial charge in [-0.25, -0.2) is 14.4 Å². The number of piperazine rings is 1. The predicted molar refractivity (Wildman–Crippen MR) is 109 cm³/mol. The summed E-state index contributed by atoms with van der Waals surface area (Å²) < 4.78 is 13.0. The number of halogens is 1. The van der Waals surface area contributed by atoms with Gasteiger partial charge < -0.3 is 9.80 Å². The Morgan fingerprint density at radius 1 is 1.07 bits per heavy atom. The molecule has 5 nitrogen and oxygen atoms in total. The van der Waals surface area contributed by atoms with Crippen molar-refractivity contribution in [2.75, 3.05) is 31.1 Å². The fourth-order valence-electron chi connectivity index (χ4n) is 3.28. The maximum absolute atomic E-state index is 13.0. The molecule has 0 saturated carbocycles. The van der Waals surface area contributed by atoms with E-state index < -0.39 is 0 Å². The summed E-state index contributed by atoms with van der Waals surface area (Å²) in [5, 5.41) is 2.89. The predicted octanol–water partition coefficient (Wildman–Crippen LogP) is 3.63. The van der Waals surface area contributed by atoms with Crippen molar-refractivity contribution < 1.29 is 9.18 Å². The highest BCUT2D eigenvalue weighted by atomic mass is 32.1. The molecule has 1 aromatic carbocycles. The molecule has 0 N–H and O–H groups in total. The van der Waals surface area contributed by atoms with Gasteiger partial charge in [0.15, 0.2) is 0 Å². The number of nitrogens with zero attached hydrogens (tertiary/aromatic N) is 4. The van der Waals surface area contributed by atoms with Crippen LogP contribution in [0.2, 0.25) is 0 Å². The molecule has 0 unspecified atom stereocenters. The molecule has 7 heteroatoms. The van der Waals surface area contributed by atoms with Crippen molar-refractivity contribution >= 4 is 23.1 Å². The summed E-state index contributed by atoms with van der Waals surface area (Å²) >= 11 is 1.54. The van der Waals surface area contributed by atoms with E-state index in [0.717, 1.165) is 35.2 Å². The van der Waals surface area contributed by atoms with Crippen LogP contribution < -0.4 is 4.90 Å². The summed E-state index contributed by atoms with van der Waals surface area (Å²) in [7, 11) is 0. The van der Waals surface area contributed by atoms with Crippen LogP contribution in [-0.2, 0) is 11.2 Å². The SMILES string of the molecule is O=C(CCc1nc(-c2ccc(F)cc2)cs1)N1CCN(c2ccccn2)CC1. The summed E-state index contributed by atoms with van der Waals surface area (Å²) in [4.78, 5) is 25.7. The van der Waals surface area contributed by atoms with Crippen LogP contribution in [0.5, 0.6) is 0 Å². The van der Waals surface area contributed by atoms with Gasteiger partial charge in [0.1, 0.15) is 11.6 Å². The number of aryl methyl sites for hydroxylation is 1. The van der Waals surface area contributed by atoms with Crippen molar-refractivity contribution in [3.63, 3.8) is 0 Å². The van der Waals surface area contributed by atoms with E-state index in [1.54, 1.807) is 29.7 Å². The molecule has 1 aliphatic rings. The van der Waals surface area contributed by atoms with Gasteiger partial charge in [-0.05, 0) is 36.4 Å². The van der Waals surface area contributed by atoms with Crippen LogP contribution in [0.4, 0.5) is 10.2 Å².